The maximum absolute atomic E-state index is 14.4. The fraction of sp³-hybridized carbons (Fsp3) is 0.171. The predicted molar refractivity (Wildman–Crippen MR) is 189 cm³/mol. The summed E-state index contributed by atoms with van der Waals surface area (Å²) in [5.74, 6) is -1.54. The standard InChI is InChI=1S/C41H38N2O8/c44-35-23-21-31(22-24-35)26-37(38(45)42-36(25-30-13-5-1-6-14-30)39(46)49-27-32-15-7-2-8-16-32)43(40(47)50-28-33-17-9-3-10-18-33)41(48)51-29-34-19-11-4-12-20-34/h1-24,36-37,44H,25-29H2,(H,42,45)/t36-,37-/m0/s1. The molecule has 2 N–H and O–H groups in total. The van der Waals surface area contributed by atoms with Gasteiger partial charge in [0.2, 0.25) is 5.91 Å². The van der Waals surface area contributed by atoms with Crippen LogP contribution in [0, 0.1) is 0 Å². The molecular formula is C41H38N2O8. The zero-order chi connectivity index (χ0) is 35.8. The smallest absolute Gasteiger partial charge is 0.420 e. The quantitative estimate of drug-likeness (QED) is 0.0969. The molecule has 0 fully saturated rings. The summed E-state index contributed by atoms with van der Waals surface area (Å²) in [6.45, 7) is -0.391. The monoisotopic (exact) mass is 686 g/mol. The van der Waals surface area contributed by atoms with Crippen molar-refractivity contribution < 1.29 is 38.5 Å². The van der Waals surface area contributed by atoms with E-state index in [1.807, 2.05) is 72.8 Å². The minimum atomic E-state index is -1.54. The third-order valence-corrected chi connectivity index (χ3v) is 7.89. The Kier molecular flexibility index (Phi) is 12.9. The van der Waals surface area contributed by atoms with E-state index in [9.17, 15) is 24.3 Å². The van der Waals surface area contributed by atoms with Gasteiger partial charge in [0, 0.05) is 12.8 Å². The van der Waals surface area contributed by atoms with E-state index in [-0.39, 0.29) is 38.4 Å². The largest absolute Gasteiger partial charge is 0.508 e. The van der Waals surface area contributed by atoms with Crippen LogP contribution in [0.15, 0.2) is 146 Å². The Morgan fingerprint density at radius 1 is 0.510 bits per heavy atom. The number of ether oxygens (including phenoxy) is 3. The molecule has 0 spiro atoms. The second kappa shape index (κ2) is 18.4. The Hall–Kier alpha value is -6.42. The summed E-state index contributed by atoms with van der Waals surface area (Å²) in [4.78, 5) is 56.2. The van der Waals surface area contributed by atoms with E-state index >= 15 is 0 Å². The van der Waals surface area contributed by atoms with Crippen LogP contribution in [0.1, 0.15) is 27.8 Å². The molecule has 0 bridgehead atoms. The Balaban J connectivity index is 1.45. The summed E-state index contributed by atoms with van der Waals surface area (Å²) in [7, 11) is 0. The van der Waals surface area contributed by atoms with Gasteiger partial charge in [-0.05, 0) is 39.9 Å². The Morgan fingerprint density at radius 2 is 0.902 bits per heavy atom. The fourth-order valence-electron chi connectivity index (χ4n) is 5.20. The lowest BCUT2D eigenvalue weighted by molar-refractivity contribution is -0.149. The number of carbonyl (C=O) groups excluding carboxylic acids is 4. The van der Waals surface area contributed by atoms with Gasteiger partial charge in [0.15, 0.2) is 0 Å². The lowest BCUT2D eigenvalue weighted by atomic mass is 10.0. The van der Waals surface area contributed by atoms with Crippen LogP contribution in [-0.4, -0.2) is 46.2 Å². The fourth-order valence-corrected chi connectivity index (χ4v) is 5.20. The van der Waals surface area contributed by atoms with E-state index in [4.69, 9.17) is 14.2 Å². The van der Waals surface area contributed by atoms with Gasteiger partial charge in [0.1, 0.15) is 37.7 Å². The summed E-state index contributed by atoms with van der Waals surface area (Å²) < 4.78 is 16.7. The second-order valence-corrected chi connectivity index (χ2v) is 11.7. The minimum absolute atomic E-state index is 0.00904. The number of nitrogens with one attached hydrogen (secondary N) is 1. The molecule has 0 saturated heterocycles. The van der Waals surface area contributed by atoms with Crippen LogP contribution in [0.3, 0.4) is 0 Å². The molecule has 0 aromatic heterocycles. The SMILES string of the molecule is O=C(OCc1ccccc1)[C@H](Cc1ccccc1)NC(=O)[C@H](Cc1ccc(O)cc1)N(C(=O)OCc1ccccc1)C(=O)OCc1ccccc1. The minimum Gasteiger partial charge on any atom is -0.508 e. The summed E-state index contributed by atoms with van der Waals surface area (Å²) in [5.41, 5.74) is 3.33. The molecule has 10 nitrogen and oxygen atoms in total. The molecule has 2 atom stereocenters. The zero-order valence-corrected chi connectivity index (χ0v) is 27.8. The highest BCUT2D eigenvalue weighted by atomic mass is 16.6. The molecule has 0 heterocycles. The molecule has 0 unspecified atom stereocenters. The van der Waals surface area contributed by atoms with E-state index < -0.39 is 36.1 Å². The highest BCUT2D eigenvalue weighted by Crippen LogP contribution is 2.19. The summed E-state index contributed by atoms with van der Waals surface area (Å²) >= 11 is 0. The van der Waals surface area contributed by atoms with Crippen molar-refractivity contribution in [2.75, 3.05) is 0 Å². The number of phenols is 1. The van der Waals surface area contributed by atoms with E-state index in [1.54, 1.807) is 60.7 Å². The van der Waals surface area contributed by atoms with E-state index in [2.05, 4.69) is 5.32 Å². The summed E-state index contributed by atoms with van der Waals surface area (Å²) in [5, 5.41) is 12.7. The van der Waals surface area contributed by atoms with Crippen molar-refractivity contribution in [2.24, 2.45) is 0 Å². The number of phenolic OH excluding ortho intramolecular Hbond substituents is 1. The Bertz CT molecular complexity index is 1800. The van der Waals surface area contributed by atoms with Crippen molar-refractivity contribution in [1.29, 1.82) is 0 Å². The van der Waals surface area contributed by atoms with Crippen LogP contribution in [0.25, 0.3) is 0 Å². The molecule has 0 aliphatic carbocycles. The van der Waals surface area contributed by atoms with Gasteiger partial charge in [-0.1, -0.05) is 133 Å². The van der Waals surface area contributed by atoms with E-state index in [1.165, 1.54) is 12.1 Å². The number of nitrogens with zero attached hydrogens (tertiary/aromatic N) is 1. The van der Waals surface area contributed by atoms with Crippen LogP contribution in [-0.2, 0) is 56.5 Å². The molecule has 5 rings (SSSR count). The molecule has 0 aliphatic rings. The molecule has 5 aromatic carbocycles. The molecule has 51 heavy (non-hydrogen) atoms. The van der Waals surface area contributed by atoms with Crippen molar-refractivity contribution >= 4 is 24.1 Å². The summed E-state index contributed by atoms with van der Waals surface area (Å²) in [6, 6.07) is 39.2. The highest BCUT2D eigenvalue weighted by molar-refractivity contribution is 5.97. The van der Waals surface area contributed by atoms with Gasteiger partial charge in [-0.15, -0.1) is 0 Å². The first-order valence-corrected chi connectivity index (χ1v) is 16.4. The number of aromatic hydroxyl groups is 1. The van der Waals surface area contributed by atoms with Crippen molar-refractivity contribution in [3.05, 3.63) is 173 Å². The average Bonchev–Trinajstić information content (AvgIpc) is 3.17. The van der Waals surface area contributed by atoms with E-state index in [0.29, 0.717) is 21.6 Å². The molecule has 10 heteroatoms. The Morgan fingerprint density at radius 3 is 1.35 bits per heavy atom. The van der Waals surface area contributed by atoms with Crippen LogP contribution in [0.5, 0.6) is 5.75 Å². The third-order valence-electron chi connectivity index (χ3n) is 7.89. The number of carbonyl (C=O) groups is 4. The summed E-state index contributed by atoms with van der Waals surface area (Å²) in [6.07, 6.45) is -2.36. The topological polar surface area (TPSA) is 131 Å². The number of benzene rings is 5. The second-order valence-electron chi connectivity index (χ2n) is 11.7. The molecular weight excluding hydrogens is 648 g/mol. The van der Waals surface area contributed by atoms with Gasteiger partial charge in [0.25, 0.3) is 0 Å². The number of hydrogen-bond donors (Lipinski definition) is 2. The first-order chi connectivity index (χ1) is 24.9. The lowest BCUT2D eigenvalue weighted by Gasteiger charge is -2.29. The van der Waals surface area contributed by atoms with Crippen molar-refractivity contribution in [3.8, 4) is 5.75 Å². The Labute approximate surface area is 296 Å². The molecule has 0 saturated carbocycles. The highest BCUT2D eigenvalue weighted by Gasteiger charge is 2.39. The lowest BCUT2D eigenvalue weighted by Crippen LogP contribution is -2.56. The van der Waals surface area contributed by atoms with Gasteiger partial charge in [-0.25, -0.2) is 14.4 Å². The van der Waals surface area contributed by atoms with Crippen molar-refractivity contribution in [3.63, 3.8) is 0 Å². The molecule has 5 aromatic rings. The van der Waals surface area contributed by atoms with Crippen LogP contribution in [0.4, 0.5) is 9.59 Å². The number of amides is 3. The van der Waals surface area contributed by atoms with Crippen LogP contribution >= 0.6 is 0 Å². The van der Waals surface area contributed by atoms with Gasteiger partial charge < -0.3 is 24.6 Å². The molecule has 3 amide bonds. The molecule has 0 radical (unpaired) electrons. The van der Waals surface area contributed by atoms with E-state index in [0.717, 1.165) is 11.1 Å². The van der Waals surface area contributed by atoms with Gasteiger partial charge in [0.05, 0.1) is 0 Å². The van der Waals surface area contributed by atoms with Crippen molar-refractivity contribution in [2.45, 2.75) is 44.7 Å². The van der Waals surface area contributed by atoms with Gasteiger partial charge >= 0.3 is 18.2 Å². The molecule has 0 aliphatic heterocycles. The van der Waals surface area contributed by atoms with Crippen LogP contribution in [0.2, 0.25) is 0 Å². The third kappa shape index (κ3) is 11.0. The number of esters is 1. The first kappa shape index (κ1) is 35.9. The van der Waals surface area contributed by atoms with Gasteiger partial charge in [-0.2, -0.15) is 4.90 Å². The van der Waals surface area contributed by atoms with Crippen molar-refractivity contribution in [1.82, 2.24) is 10.2 Å². The number of hydrogen-bond acceptors (Lipinski definition) is 8. The average molecular weight is 687 g/mol. The van der Waals surface area contributed by atoms with Gasteiger partial charge in [-0.3, -0.25) is 4.79 Å². The number of imide groups is 1. The first-order valence-electron chi connectivity index (χ1n) is 16.4. The maximum atomic E-state index is 14.4. The molecule has 260 valence electrons. The van der Waals surface area contributed by atoms with Crippen LogP contribution < -0.4 is 5.32 Å². The normalized spacial score (nSPS) is 11.8. The predicted octanol–water partition coefficient (Wildman–Crippen LogP) is 6.75. The zero-order valence-electron chi connectivity index (χ0n) is 27.8. The number of rotatable bonds is 14. The maximum Gasteiger partial charge on any atom is 0.420 e.